The molecule has 5 nitrogen and oxygen atoms in total. The first-order valence-electron chi connectivity index (χ1n) is 18.5. The molecule has 1 unspecified atom stereocenters. The summed E-state index contributed by atoms with van der Waals surface area (Å²) < 4.78 is 12.8. The fourth-order valence-corrected chi connectivity index (χ4v) is 7.85. The Kier molecular flexibility index (Phi) is 8.47. The maximum Gasteiger partial charge on any atom is 0.164 e. The molecule has 1 aliphatic heterocycles. The number of benzene rings is 5. The van der Waals surface area contributed by atoms with E-state index in [9.17, 15) is 0 Å². The summed E-state index contributed by atoms with van der Waals surface area (Å²) in [6.45, 7) is 6.86. The average Bonchev–Trinajstić information content (AvgIpc) is 3.82. The van der Waals surface area contributed by atoms with Crippen molar-refractivity contribution in [3.05, 3.63) is 186 Å². The van der Waals surface area contributed by atoms with Gasteiger partial charge in [-0.05, 0) is 66.8 Å². The van der Waals surface area contributed by atoms with Crippen molar-refractivity contribution >= 4 is 38.7 Å². The van der Waals surface area contributed by atoms with Crippen molar-refractivity contribution in [3.63, 3.8) is 0 Å². The molecule has 0 N–H and O–H groups in total. The van der Waals surface area contributed by atoms with Gasteiger partial charge in [0.05, 0.1) is 0 Å². The average molecular weight is 702 g/mol. The number of aromatic nitrogens is 3. The van der Waals surface area contributed by atoms with Gasteiger partial charge in [0, 0.05) is 44.0 Å². The lowest BCUT2D eigenvalue weighted by atomic mass is 9.71. The van der Waals surface area contributed by atoms with Crippen LogP contribution in [0.4, 0.5) is 0 Å². The molecule has 0 fully saturated rings. The lowest BCUT2D eigenvalue weighted by Crippen LogP contribution is -2.24. The zero-order valence-electron chi connectivity index (χ0n) is 30.6. The van der Waals surface area contributed by atoms with E-state index in [1.165, 1.54) is 5.56 Å². The summed E-state index contributed by atoms with van der Waals surface area (Å²) in [7, 11) is 0. The van der Waals surface area contributed by atoms with Gasteiger partial charge in [-0.3, -0.25) is 0 Å². The summed E-state index contributed by atoms with van der Waals surface area (Å²) in [6, 6.07) is 39.6. The van der Waals surface area contributed by atoms with Crippen molar-refractivity contribution in [2.45, 2.75) is 32.6 Å². The molecule has 5 aromatic carbocycles. The molecular weight excluding hydrogens is 663 g/mol. The van der Waals surface area contributed by atoms with E-state index >= 15 is 0 Å². The van der Waals surface area contributed by atoms with Gasteiger partial charge in [0.2, 0.25) is 0 Å². The number of rotatable bonds is 7. The molecule has 262 valence electrons. The molecule has 3 heterocycles. The number of hydrogen-bond acceptors (Lipinski definition) is 5. The first kappa shape index (κ1) is 33.3. The Labute approximate surface area is 315 Å². The van der Waals surface area contributed by atoms with E-state index in [0.717, 1.165) is 78.6 Å². The largest absolute Gasteiger partial charge is 0.488 e. The van der Waals surface area contributed by atoms with Crippen LogP contribution in [-0.2, 0) is 5.41 Å². The number of ether oxygens (including phenoxy) is 1. The van der Waals surface area contributed by atoms with Crippen molar-refractivity contribution in [2.24, 2.45) is 0 Å². The fraction of sp³-hybridized carbons (Fsp3) is 0.122. The molecule has 0 saturated heterocycles. The predicted molar refractivity (Wildman–Crippen MR) is 221 cm³/mol. The molecule has 0 amide bonds. The van der Waals surface area contributed by atoms with Gasteiger partial charge in [0.15, 0.2) is 17.5 Å². The smallest absolute Gasteiger partial charge is 0.164 e. The SMILES string of the molecule is C/C=C\C=C/C1(C)CC=C(c2nc(-c3ccccc3)nc(-c3cc(C(/C=C\C)=C4/COc5ccccc54)cc4oc5ccccc5c34)n2)c2ccccc21. The van der Waals surface area contributed by atoms with Gasteiger partial charge in [-0.25, -0.2) is 15.0 Å². The highest BCUT2D eigenvalue weighted by molar-refractivity contribution is 6.13. The van der Waals surface area contributed by atoms with Crippen molar-refractivity contribution in [2.75, 3.05) is 6.61 Å². The minimum atomic E-state index is -0.173. The minimum absolute atomic E-state index is 0.173. The maximum absolute atomic E-state index is 6.62. The van der Waals surface area contributed by atoms with Crippen LogP contribution >= 0.6 is 0 Å². The number of para-hydroxylation sites is 2. The van der Waals surface area contributed by atoms with Crippen LogP contribution in [0.5, 0.6) is 5.75 Å². The van der Waals surface area contributed by atoms with Crippen LogP contribution in [0.15, 0.2) is 162 Å². The number of fused-ring (bicyclic) bond motifs is 5. The summed E-state index contributed by atoms with van der Waals surface area (Å²) >= 11 is 0. The normalized spacial score (nSPS) is 17.7. The second-order valence-corrected chi connectivity index (χ2v) is 14.0. The van der Waals surface area contributed by atoms with Crippen LogP contribution in [0.3, 0.4) is 0 Å². The zero-order valence-corrected chi connectivity index (χ0v) is 30.6. The third-order valence-corrected chi connectivity index (χ3v) is 10.5. The Hall–Kier alpha value is -6.59. The summed E-state index contributed by atoms with van der Waals surface area (Å²) in [5.74, 6) is 2.74. The Morgan fingerprint density at radius 3 is 2.28 bits per heavy atom. The number of allylic oxidation sites excluding steroid dienone is 8. The molecule has 1 atom stereocenters. The van der Waals surface area contributed by atoms with E-state index in [-0.39, 0.29) is 5.41 Å². The van der Waals surface area contributed by atoms with E-state index in [1.807, 2.05) is 56.3 Å². The van der Waals surface area contributed by atoms with Crippen LogP contribution < -0.4 is 4.74 Å². The molecule has 9 rings (SSSR count). The Morgan fingerprint density at radius 1 is 0.685 bits per heavy atom. The van der Waals surface area contributed by atoms with Crippen LogP contribution in [0, 0.1) is 0 Å². The van der Waals surface area contributed by atoms with Crippen molar-refractivity contribution in [3.8, 4) is 28.5 Å². The summed E-state index contributed by atoms with van der Waals surface area (Å²) in [5.41, 5.74) is 10.9. The van der Waals surface area contributed by atoms with Crippen molar-refractivity contribution in [1.82, 2.24) is 15.0 Å². The van der Waals surface area contributed by atoms with Gasteiger partial charge in [0.1, 0.15) is 23.5 Å². The minimum Gasteiger partial charge on any atom is -0.488 e. The standard InChI is InChI=1S/C49H39N3O2/c1-4-6-16-27-49(3)28-26-37(35-20-10-13-23-41(35)49)47-50-46(32-18-8-7-9-19-32)51-48(52-47)39-29-33(30-44-45(39)38-22-12-15-25-43(38)54-44)34(17-5-2)40-31-53-42-24-14-11-21-36(40)42/h4-27,29-30H,28,31H2,1-3H3/b6-4-,17-5-,27-16-,40-34-. The predicted octanol–water partition coefficient (Wildman–Crippen LogP) is 12.2. The Balaban J connectivity index is 1.31. The first-order valence-corrected chi connectivity index (χ1v) is 18.5. The van der Waals surface area contributed by atoms with E-state index < -0.39 is 0 Å². The molecular formula is C49H39N3O2. The third kappa shape index (κ3) is 5.79. The number of furan rings is 1. The van der Waals surface area contributed by atoms with Gasteiger partial charge in [-0.2, -0.15) is 0 Å². The molecule has 1 aliphatic carbocycles. The van der Waals surface area contributed by atoms with E-state index in [1.54, 1.807) is 0 Å². The van der Waals surface area contributed by atoms with Gasteiger partial charge in [-0.1, -0.05) is 140 Å². The Morgan fingerprint density at radius 2 is 1.43 bits per heavy atom. The highest BCUT2D eigenvalue weighted by Gasteiger charge is 2.32. The highest BCUT2D eigenvalue weighted by Crippen LogP contribution is 2.45. The molecule has 0 radical (unpaired) electrons. The third-order valence-electron chi connectivity index (χ3n) is 10.5. The summed E-state index contributed by atoms with van der Waals surface area (Å²) in [4.78, 5) is 15.8. The van der Waals surface area contributed by atoms with E-state index in [4.69, 9.17) is 24.1 Å². The number of nitrogens with zero attached hydrogens (tertiary/aromatic N) is 3. The van der Waals surface area contributed by atoms with Gasteiger partial charge in [-0.15, -0.1) is 0 Å². The first-order chi connectivity index (χ1) is 26.5. The second kappa shape index (κ2) is 13.8. The molecule has 7 aromatic rings. The Bertz CT molecular complexity index is 2730. The van der Waals surface area contributed by atoms with Crippen LogP contribution in [0.1, 0.15) is 55.3 Å². The lowest BCUT2D eigenvalue weighted by molar-refractivity contribution is 0.388. The van der Waals surface area contributed by atoms with Gasteiger partial charge in [0.25, 0.3) is 0 Å². The van der Waals surface area contributed by atoms with Crippen LogP contribution in [-0.4, -0.2) is 21.6 Å². The molecule has 54 heavy (non-hydrogen) atoms. The maximum atomic E-state index is 6.62. The quantitative estimate of drug-likeness (QED) is 0.155. The zero-order chi connectivity index (χ0) is 36.6. The van der Waals surface area contributed by atoms with Crippen LogP contribution in [0.25, 0.3) is 61.4 Å². The summed E-state index contributed by atoms with van der Waals surface area (Å²) in [6.07, 6.45) is 15.9. The van der Waals surface area contributed by atoms with Crippen LogP contribution in [0.2, 0.25) is 0 Å². The molecule has 2 aromatic heterocycles. The topological polar surface area (TPSA) is 61.0 Å². The van der Waals surface area contributed by atoms with E-state index in [0.29, 0.717) is 24.1 Å². The molecule has 5 heteroatoms. The fourth-order valence-electron chi connectivity index (χ4n) is 7.85. The van der Waals surface area contributed by atoms with Gasteiger partial charge < -0.3 is 9.15 Å². The van der Waals surface area contributed by atoms with E-state index in [2.05, 4.69) is 122 Å². The monoisotopic (exact) mass is 701 g/mol. The summed E-state index contributed by atoms with van der Waals surface area (Å²) in [5, 5.41) is 1.98. The lowest BCUT2D eigenvalue weighted by Gasteiger charge is -2.32. The molecule has 2 aliphatic rings. The molecule has 0 spiro atoms. The van der Waals surface area contributed by atoms with Gasteiger partial charge >= 0.3 is 0 Å². The highest BCUT2D eigenvalue weighted by atomic mass is 16.5. The van der Waals surface area contributed by atoms with Crippen molar-refractivity contribution in [1.29, 1.82) is 0 Å². The molecule has 0 bridgehead atoms. The van der Waals surface area contributed by atoms with Crippen molar-refractivity contribution < 1.29 is 9.15 Å². The second-order valence-electron chi connectivity index (χ2n) is 14.0. The number of hydrogen-bond donors (Lipinski definition) is 0. The molecule has 0 saturated carbocycles.